The van der Waals surface area contributed by atoms with Gasteiger partial charge in [-0.25, -0.2) is 9.59 Å². The molecule has 2 rings (SSSR count). The third kappa shape index (κ3) is 9.85. The number of carboxylic acid groups (broad SMARTS) is 2. The molecule has 6 heteroatoms. The van der Waals surface area contributed by atoms with E-state index in [1.54, 1.807) is 19.1 Å². The summed E-state index contributed by atoms with van der Waals surface area (Å²) in [6.07, 6.45) is -1.83. The molecule has 0 unspecified atom stereocenters. The van der Waals surface area contributed by atoms with Crippen molar-refractivity contribution in [3.8, 4) is 5.75 Å². The van der Waals surface area contributed by atoms with Gasteiger partial charge in [-0.15, -0.1) is 0 Å². The number of esters is 1. The highest BCUT2D eigenvalue weighted by Gasteiger charge is 2.09. The first-order chi connectivity index (χ1) is 10.5. The SMILES string of the molecule is CCOC(=O)c1ccccc1O.O=C(O)O.c1ccccc1. The number of hydrogen-bond donors (Lipinski definition) is 3. The highest BCUT2D eigenvalue weighted by atomic mass is 16.6. The minimum atomic E-state index is -1.83. The normalized spacial score (nSPS) is 8.41. The van der Waals surface area contributed by atoms with E-state index in [-0.39, 0.29) is 11.3 Å². The van der Waals surface area contributed by atoms with E-state index in [2.05, 4.69) is 0 Å². The van der Waals surface area contributed by atoms with Gasteiger partial charge in [0.05, 0.1) is 6.61 Å². The van der Waals surface area contributed by atoms with Crippen LogP contribution >= 0.6 is 0 Å². The molecule has 0 saturated carbocycles. The Morgan fingerprint density at radius 1 is 0.909 bits per heavy atom. The summed E-state index contributed by atoms with van der Waals surface area (Å²) < 4.78 is 4.71. The second-order valence-electron chi connectivity index (χ2n) is 3.67. The van der Waals surface area contributed by atoms with Crippen molar-refractivity contribution in [1.29, 1.82) is 0 Å². The number of phenolic OH excluding ortho intramolecular Hbond substituents is 1. The molecule has 0 aliphatic rings. The maximum Gasteiger partial charge on any atom is 0.503 e. The Morgan fingerprint density at radius 2 is 1.32 bits per heavy atom. The van der Waals surface area contributed by atoms with Crippen LogP contribution in [0.25, 0.3) is 0 Å². The van der Waals surface area contributed by atoms with E-state index in [4.69, 9.17) is 19.7 Å². The number of aromatic hydroxyl groups is 1. The van der Waals surface area contributed by atoms with Crippen molar-refractivity contribution in [2.24, 2.45) is 0 Å². The van der Waals surface area contributed by atoms with Crippen molar-refractivity contribution in [1.82, 2.24) is 0 Å². The lowest BCUT2D eigenvalue weighted by atomic mass is 10.2. The average Bonchev–Trinajstić information content (AvgIpc) is 2.50. The van der Waals surface area contributed by atoms with Crippen LogP contribution in [-0.2, 0) is 4.74 Å². The van der Waals surface area contributed by atoms with E-state index >= 15 is 0 Å². The Morgan fingerprint density at radius 3 is 1.68 bits per heavy atom. The molecule has 22 heavy (non-hydrogen) atoms. The van der Waals surface area contributed by atoms with Crippen LogP contribution in [0, 0.1) is 0 Å². The van der Waals surface area contributed by atoms with E-state index in [0.717, 1.165) is 0 Å². The number of rotatable bonds is 2. The van der Waals surface area contributed by atoms with Gasteiger partial charge in [0.25, 0.3) is 0 Å². The van der Waals surface area contributed by atoms with Gasteiger partial charge in [0, 0.05) is 0 Å². The number of benzene rings is 2. The molecule has 0 saturated heterocycles. The molecular formula is C16H18O6. The lowest BCUT2D eigenvalue weighted by Crippen LogP contribution is -2.04. The van der Waals surface area contributed by atoms with Crippen LogP contribution in [0.3, 0.4) is 0 Å². The fourth-order valence-corrected chi connectivity index (χ4v) is 1.24. The van der Waals surface area contributed by atoms with Crippen LogP contribution in [0.4, 0.5) is 4.79 Å². The Labute approximate surface area is 128 Å². The van der Waals surface area contributed by atoms with Crippen molar-refractivity contribution in [3.05, 3.63) is 66.2 Å². The fraction of sp³-hybridized carbons (Fsp3) is 0.125. The minimum absolute atomic E-state index is 0.0454. The summed E-state index contributed by atoms with van der Waals surface area (Å²) in [6.45, 7) is 2.03. The van der Waals surface area contributed by atoms with Gasteiger partial charge in [-0.2, -0.15) is 0 Å². The number of carbonyl (C=O) groups is 2. The third-order valence-corrected chi connectivity index (χ3v) is 2.07. The van der Waals surface area contributed by atoms with Crippen LogP contribution in [0.1, 0.15) is 17.3 Å². The average molecular weight is 306 g/mol. The van der Waals surface area contributed by atoms with Gasteiger partial charge in [0.1, 0.15) is 11.3 Å². The summed E-state index contributed by atoms with van der Waals surface area (Å²) >= 11 is 0. The number of carbonyl (C=O) groups excluding carboxylic acids is 1. The Balaban J connectivity index is 0.000000366. The standard InChI is InChI=1S/C9H10O3.C6H6.CH2O3/c1-2-12-9(11)7-5-3-4-6-8(7)10;1-2-4-6-5-3-1;2-1(3)4/h3-6,10H,2H2,1H3;1-6H;(H2,2,3,4). The molecule has 0 radical (unpaired) electrons. The first kappa shape index (κ1) is 19.0. The summed E-state index contributed by atoms with van der Waals surface area (Å²) in [7, 11) is 0. The van der Waals surface area contributed by atoms with Gasteiger partial charge in [0.2, 0.25) is 0 Å². The first-order valence-electron chi connectivity index (χ1n) is 6.36. The minimum Gasteiger partial charge on any atom is -0.507 e. The highest BCUT2D eigenvalue weighted by molar-refractivity contribution is 5.92. The predicted octanol–water partition coefficient (Wildman–Crippen LogP) is 3.48. The molecule has 0 atom stereocenters. The third-order valence-electron chi connectivity index (χ3n) is 2.07. The Hall–Kier alpha value is -3.02. The summed E-state index contributed by atoms with van der Waals surface area (Å²) in [5.74, 6) is -0.536. The van der Waals surface area contributed by atoms with E-state index < -0.39 is 12.1 Å². The first-order valence-corrected chi connectivity index (χ1v) is 6.36. The molecule has 0 spiro atoms. The van der Waals surface area contributed by atoms with Crippen LogP contribution < -0.4 is 0 Å². The molecule has 6 nitrogen and oxygen atoms in total. The maximum atomic E-state index is 11.1. The zero-order valence-electron chi connectivity index (χ0n) is 12.0. The summed E-state index contributed by atoms with van der Waals surface area (Å²) in [4.78, 5) is 19.6. The lowest BCUT2D eigenvalue weighted by Gasteiger charge is -2.02. The van der Waals surface area contributed by atoms with Crippen LogP contribution in [-0.4, -0.2) is 34.1 Å². The second-order valence-corrected chi connectivity index (χ2v) is 3.67. The quantitative estimate of drug-likeness (QED) is 0.734. The topological polar surface area (TPSA) is 104 Å². The van der Waals surface area contributed by atoms with E-state index in [0.29, 0.717) is 6.61 Å². The summed E-state index contributed by atoms with van der Waals surface area (Å²) in [6, 6.07) is 18.3. The van der Waals surface area contributed by atoms with Crippen molar-refractivity contribution < 1.29 is 29.6 Å². The van der Waals surface area contributed by atoms with Gasteiger partial charge in [-0.05, 0) is 19.1 Å². The van der Waals surface area contributed by atoms with Crippen molar-refractivity contribution >= 4 is 12.1 Å². The smallest absolute Gasteiger partial charge is 0.503 e. The summed E-state index contributed by atoms with van der Waals surface area (Å²) in [5.41, 5.74) is 0.208. The van der Waals surface area contributed by atoms with Crippen molar-refractivity contribution in [3.63, 3.8) is 0 Å². The van der Waals surface area contributed by atoms with Crippen LogP contribution in [0.5, 0.6) is 5.75 Å². The number of phenols is 1. The fourth-order valence-electron chi connectivity index (χ4n) is 1.24. The van der Waals surface area contributed by atoms with Gasteiger partial charge in [0.15, 0.2) is 0 Å². The molecule has 0 fully saturated rings. The van der Waals surface area contributed by atoms with Gasteiger partial charge >= 0.3 is 12.1 Å². The van der Waals surface area contributed by atoms with Crippen LogP contribution in [0.15, 0.2) is 60.7 Å². The molecule has 0 aliphatic heterocycles. The zero-order valence-corrected chi connectivity index (χ0v) is 12.0. The molecular weight excluding hydrogens is 288 g/mol. The van der Waals surface area contributed by atoms with Gasteiger partial charge in [-0.1, -0.05) is 48.5 Å². The van der Waals surface area contributed by atoms with Gasteiger partial charge in [-0.3, -0.25) is 0 Å². The van der Waals surface area contributed by atoms with E-state index in [1.807, 2.05) is 36.4 Å². The molecule has 2 aromatic rings. The molecule has 0 bridgehead atoms. The molecule has 2 aromatic carbocycles. The molecule has 0 heterocycles. The highest BCUT2D eigenvalue weighted by Crippen LogP contribution is 2.16. The maximum absolute atomic E-state index is 11.1. The summed E-state index contributed by atoms with van der Waals surface area (Å²) in [5, 5.41) is 23.2. The Bertz CT molecular complexity index is 523. The largest absolute Gasteiger partial charge is 0.507 e. The number of para-hydroxylation sites is 1. The Kier molecular flexibility index (Phi) is 10.2. The zero-order chi connectivity index (χ0) is 16.8. The molecule has 118 valence electrons. The van der Waals surface area contributed by atoms with Gasteiger partial charge < -0.3 is 20.1 Å². The van der Waals surface area contributed by atoms with Crippen molar-refractivity contribution in [2.75, 3.05) is 6.61 Å². The van der Waals surface area contributed by atoms with E-state index in [1.165, 1.54) is 12.1 Å². The lowest BCUT2D eigenvalue weighted by molar-refractivity contribution is 0.0523. The molecule has 0 amide bonds. The monoisotopic (exact) mass is 306 g/mol. The second kappa shape index (κ2) is 11.8. The number of ether oxygens (including phenoxy) is 1. The van der Waals surface area contributed by atoms with Crippen molar-refractivity contribution in [2.45, 2.75) is 6.92 Å². The van der Waals surface area contributed by atoms with E-state index in [9.17, 15) is 9.90 Å². The molecule has 0 aliphatic carbocycles. The number of hydrogen-bond acceptors (Lipinski definition) is 4. The van der Waals surface area contributed by atoms with Crippen LogP contribution in [0.2, 0.25) is 0 Å². The predicted molar refractivity (Wildman–Crippen MR) is 81.2 cm³/mol. The molecule has 0 aromatic heterocycles. The molecule has 3 N–H and O–H groups in total.